The van der Waals surface area contributed by atoms with Gasteiger partial charge in [-0.05, 0) is 22.4 Å². The molecule has 0 atom stereocenters. The molecule has 0 unspecified atom stereocenters. The predicted molar refractivity (Wildman–Crippen MR) is 62.7 cm³/mol. The Kier molecular flexibility index (Phi) is 2.97. The first-order valence-electron chi connectivity index (χ1n) is 4.75. The number of nitrogens with zero attached hydrogens (tertiary/aromatic N) is 1. The molecule has 6 heteroatoms. The number of thiophene rings is 1. The van der Waals surface area contributed by atoms with Crippen molar-refractivity contribution in [1.82, 2.24) is 4.57 Å². The molecule has 2 heterocycles. The van der Waals surface area contributed by atoms with Gasteiger partial charge in [0.05, 0.1) is 6.20 Å². The highest BCUT2D eigenvalue weighted by Crippen LogP contribution is 2.10. The third kappa shape index (κ3) is 2.36. The fraction of sp³-hybridized carbons (Fsp3) is 0.0909. The van der Waals surface area contributed by atoms with E-state index in [1.807, 2.05) is 16.8 Å². The molecular formula is C11H9NO4S. The van der Waals surface area contributed by atoms with Crippen LogP contribution in [0.2, 0.25) is 0 Å². The minimum Gasteiger partial charge on any atom is -0.503 e. The first kappa shape index (κ1) is 11.4. The lowest BCUT2D eigenvalue weighted by Gasteiger charge is -2.06. The quantitative estimate of drug-likeness (QED) is 0.863. The van der Waals surface area contributed by atoms with Crippen molar-refractivity contribution in [1.29, 1.82) is 0 Å². The third-order valence-corrected chi connectivity index (χ3v) is 2.97. The number of aromatic hydroxyl groups is 1. The molecule has 0 fully saturated rings. The lowest BCUT2D eigenvalue weighted by Crippen LogP contribution is -2.17. The van der Waals surface area contributed by atoms with Crippen molar-refractivity contribution in [2.75, 3.05) is 0 Å². The number of carboxylic acids is 1. The number of aromatic carboxylic acids is 1. The number of pyridine rings is 1. The number of carboxylic acid groups (broad SMARTS) is 1. The zero-order valence-electron chi connectivity index (χ0n) is 8.66. The third-order valence-electron chi connectivity index (χ3n) is 2.24. The second-order valence-electron chi connectivity index (χ2n) is 3.50. The summed E-state index contributed by atoms with van der Waals surface area (Å²) < 4.78 is 1.47. The first-order chi connectivity index (χ1) is 8.08. The molecule has 0 amide bonds. The summed E-state index contributed by atoms with van der Waals surface area (Å²) in [5.74, 6) is -1.90. The van der Waals surface area contributed by atoms with Gasteiger partial charge in [-0.3, -0.25) is 4.79 Å². The largest absolute Gasteiger partial charge is 0.503 e. The summed E-state index contributed by atoms with van der Waals surface area (Å²) >= 11 is 1.52. The van der Waals surface area contributed by atoms with E-state index in [1.165, 1.54) is 28.3 Å². The molecule has 17 heavy (non-hydrogen) atoms. The van der Waals surface area contributed by atoms with E-state index in [2.05, 4.69) is 0 Å². The van der Waals surface area contributed by atoms with Crippen molar-refractivity contribution in [2.24, 2.45) is 0 Å². The van der Waals surface area contributed by atoms with Crippen LogP contribution >= 0.6 is 11.3 Å². The van der Waals surface area contributed by atoms with Gasteiger partial charge in [0, 0.05) is 12.7 Å². The average molecular weight is 251 g/mol. The number of rotatable bonds is 3. The molecule has 2 rings (SSSR count). The molecule has 0 saturated carbocycles. The van der Waals surface area contributed by atoms with Gasteiger partial charge in [-0.25, -0.2) is 4.79 Å². The highest BCUT2D eigenvalue weighted by atomic mass is 32.1. The van der Waals surface area contributed by atoms with Gasteiger partial charge in [-0.2, -0.15) is 11.3 Å². The van der Waals surface area contributed by atoms with E-state index in [0.29, 0.717) is 6.54 Å². The van der Waals surface area contributed by atoms with Crippen LogP contribution in [0, 0.1) is 0 Å². The SMILES string of the molecule is O=C(O)c1cn(Cc2ccsc2)cc(O)c1=O. The summed E-state index contributed by atoms with van der Waals surface area (Å²) in [5.41, 5.74) is -0.311. The molecule has 0 aromatic carbocycles. The first-order valence-corrected chi connectivity index (χ1v) is 5.69. The van der Waals surface area contributed by atoms with E-state index in [9.17, 15) is 14.7 Å². The number of aromatic nitrogens is 1. The number of hydrogen-bond donors (Lipinski definition) is 2. The molecular weight excluding hydrogens is 242 g/mol. The van der Waals surface area contributed by atoms with Crippen molar-refractivity contribution >= 4 is 17.3 Å². The Morgan fingerprint density at radius 2 is 2.18 bits per heavy atom. The molecule has 0 spiro atoms. The van der Waals surface area contributed by atoms with Crippen LogP contribution in [-0.2, 0) is 6.54 Å². The molecule has 5 nitrogen and oxygen atoms in total. The van der Waals surface area contributed by atoms with E-state index in [-0.39, 0.29) is 0 Å². The van der Waals surface area contributed by atoms with Crippen molar-refractivity contribution in [2.45, 2.75) is 6.54 Å². The molecule has 0 aliphatic rings. The topological polar surface area (TPSA) is 79.5 Å². The Morgan fingerprint density at radius 1 is 1.41 bits per heavy atom. The average Bonchev–Trinajstić information content (AvgIpc) is 2.75. The Labute approximate surface area is 100 Å². The van der Waals surface area contributed by atoms with Crippen LogP contribution in [0.3, 0.4) is 0 Å². The Morgan fingerprint density at radius 3 is 2.76 bits per heavy atom. The summed E-state index contributed by atoms with van der Waals surface area (Å²) in [6.45, 7) is 0.414. The molecule has 88 valence electrons. The molecule has 2 N–H and O–H groups in total. The van der Waals surface area contributed by atoms with Gasteiger partial charge in [0.25, 0.3) is 0 Å². The monoisotopic (exact) mass is 251 g/mol. The predicted octanol–water partition coefficient (Wildman–Crippen LogP) is 1.36. The molecule has 2 aromatic rings. The summed E-state index contributed by atoms with van der Waals surface area (Å²) in [5, 5.41) is 22.0. The van der Waals surface area contributed by atoms with Gasteiger partial charge in [0.15, 0.2) is 5.75 Å². The molecule has 0 saturated heterocycles. The minimum absolute atomic E-state index is 0.414. The van der Waals surface area contributed by atoms with E-state index < -0.39 is 22.7 Å². The molecule has 2 aromatic heterocycles. The normalized spacial score (nSPS) is 10.4. The Bertz CT molecular complexity index is 600. The maximum absolute atomic E-state index is 11.3. The van der Waals surface area contributed by atoms with Crippen LogP contribution in [0.25, 0.3) is 0 Å². The van der Waals surface area contributed by atoms with E-state index in [1.54, 1.807) is 0 Å². The van der Waals surface area contributed by atoms with Crippen molar-refractivity contribution in [3.8, 4) is 5.75 Å². The van der Waals surface area contributed by atoms with Gasteiger partial charge in [-0.15, -0.1) is 0 Å². The summed E-state index contributed by atoms with van der Waals surface area (Å²) in [6, 6.07) is 1.89. The Balaban J connectivity index is 2.43. The standard InChI is InChI=1S/C11H9NO4S/c13-9-5-12(3-7-1-2-17-6-7)4-8(10(9)14)11(15)16/h1-2,4-6,13H,3H2,(H,15,16). The summed E-state index contributed by atoms with van der Waals surface area (Å²) in [6.07, 6.45) is 2.45. The van der Waals surface area contributed by atoms with Gasteiger partial charge in [0.2, 0.25) is 5.43 Å². The van der Waals surface area contributed by atoms with Crippen molar-refractivity contribution < 1.29 is 15.0 Å². The van der Waals surface area contributed by atoms with Crippen LogP contribution in [0.15, 0.2) is 34.0 Å². The molecule has 0 aliphatic heterocycles. The fourth-order valence-corrected chi connectivity index (χ4v) is 2.11. The molecule has 0 bridgehead atoms. The van der Waals surface area contributed by atoms with Crippen LogP contribution < -0.4 is 5.43 Å². The summed E-state index contributed by atoms with van der Waals surface area (Å²) in [7, 11) is 0. The summed E-state index contributed by atoms with van der Waals surface area (Å²) in [4.78, 5) is 22.1. The molecule has 0 radical (unpaired) electrons. The van der Waals surface area contributed by atoms with Gasteiger partial charge < -0.3 is 14.8 Å². The van der Waals surface area contributed by atoms with Crippen molar-refractivity contribution in [3.05, 3.63) is 50.6 Å². The van der Waals surface area contributed by atoms with E-state index >= 15 is 0 Å². The lowest BCUT2D eigenvalue weighted by atomic mass is 10.2. The van der Waals surface area contributed by atoms with Gasteiger partial charge >= 0.3 is 5.97 Å². The Hall–Kier alpha value is -2.08. The second-order valence-corrected chi connectivity index (χ2v) is 4.28. The van der Waals surface area contributed by atoms with Crippen LogP contribution in [0.4, 0.5) is 0 Å². The maximum Gasteiger partial charge on any atom is 0.341 e. The zero-order chi connectivity index (χ0) is 12.4. The van der Waals surface area contributed by atoms with Crippen LogP contribution in [-0.4, -0.2) is 20.7 Å². The van der Waals surface area contributed by atoms with Gasteiger partial charge in [0.1, 0.15) is 5.56 Å². The zero-order valence-corrected chi connectivity index (χ0v) is 9.48. The number of hydrogen-bond acceptors (Lipinski definition) is 4. The minimum atomic E-state index is -1.34. The highest BCUT2D eigenvalue weighted by Gasteiger charge is 2.13. The van der Waals surface area contributed by atoms with E-state index in [4.69, 9.17) is 5.11 Å². The van der Waals surface area contributed by atoms with E-state index in [0.717, 1.165) is 5.56 Å². The van der Waals surface area contributed by atoms with Crippen molar-refractivity contribution in [3.63, 3.8) is 0 Å². The van der Waals surface area contributed by atoms with Crippen LogP contribution in [0.5, 0.6) is 5.75 Å². The highest BCUT2D eigenvalue weighted by molar-refractivity contribution is 7.07. The maximum atomic E-state index is 11.3. The second kappa shape index (κ2) is 4.42. The number of carbonyl (C=O) groups is 1. The molecule has 0 aliphatic carbocycles. The smallest absolute Gasteiger partial charge is 0.341 e. The van der Waals surface area contributed by atoms with Crippen LogP contribution in [0.1, 0.15) is 15.9 Å². The van der Waals surface area contributed by atoms with Gasteiger partial charge in [-0.1, -0.05) is 0 Å². The lowest BCUT2D eigenvalue weighted by molar-refractivity contribution is 0.0694. The fourth-order valence-electron chi connectivity index (χ4n) is 1.45.